The van der Waals surface area contributed by atoms with Crippen molar-refractivity contribution in [3.05, 3.63) is 0 Å². The first-order chi connectivity index (χ1) is 5.27. The van der Waals surface area contributed by atoms with E-state index >= 15 is 0 Å². The van der Waals surface area contributed by atoms with E-state index in [0.717, 1.165) is 6.04 Å². The van der Waals surface area contributed by atoms with Gasteiger partial charge in [-0.3, -0.25) is 0 Å². The molecule has 0 aromatic carbocycles. The second kappa shape index (κ2) is 4.07. The SMILES string of the molecule is CCN(CC)C1CCC(N)C1. The van der Waals surface area contributed by atoms with E-state index < -0.39 is 0 Å². The second-order valence-electron chi connectivity index (χ2n) is 3.45. The van der Waals surface area contributed by atoms with Gasteiger partial charge in [-0.05, 0) is 32.4 Å². The molecule has 1 rings (SSSR count). The Labute approximate surface area is 69.8 Å². The van der Waals surface area contributed by atoms with Crippen LogP contribution >= 0.6 is 0 Å². The zero-order valence-corrected chi connectivity index (χ0v) is 7.71. The van der Waals surface area contributed by atoms with E-state index in [1.165, 1.54) is 32.4 Å². The molecule has 0 spiro atoms. The van der Waals surface area contributed by atoms with Crippen LogP contribution in [0.15, 0.2) is 0 Å². The van der Waals surface area contributed by atoms with Crippen LogP contribution in [-0.4, -0.2) is 30.1 Å². The van der Waals surface area contributed by atoms with Crippen molar-refractivity contribution < 1.29 is 0 Å². The van der Waals surface area contributed by atoms with Crippen LogP contribution in [0.1, 0.15) is 33.1 Å². The molecule has 0 heterocycles. The van der Waals surface area contributed by atoms with Crippen LogP contribution in [0.25, 0.3) is 0 Å². The summed E-state index contributed by atoms with van der Waals surface area (Å²) in [6, 6.07) is 1.25. The summed E-state index contributed by atoms with van der Waals surface area (Å²) in [5.74, 6) is 0. The number of nitrogens with two attached hydrogens (primary N) is 1. The Hall–Kier alpha value is -0.0800. The van der Waals surface area contributed by atoms with Gasteiger partial charge in [-0.15, -0.1) is 0 Å². The van der Waals surface area contributed by atoms with Crippen LogP contribution in [0, 0.1) is 0 Å². The Morgan fingerprint density at radius 3 is 2.27 bits per heavy atom. The molecule has 1 aliphatic carbocycles. The summed E-state index contributed by atoms with van der Waals surface area (Å²) >= 11 is 0. The van der Waals surface area contributed by atoms with E-state index in [4.69, 9.17) is 5.73 Å². The Morgan fingerprint density at radius 1 is 1.27 bits per heavy atom. The standard InChI is InChI=1S/C9H20N2/c1-3-11(4-2)9-6-5-8(10)7-9/h8-9H,3-7,10H2,1-2H3. The van der Waals surface area contributed by atoms with Crippen LogP contribution in [0.3, 0.4) is 0 Å². The normalized spacial score (nSPS) is 31.6. The molecule has 2 nitrogen and oxygen atoms in total. The fourth-order valence-corrected chi connectivity index (χ4v) is 2.06. The van der Waals surface area contributed by atoms with Gasteiger partial charge in [0, 0.05) is 12.1 Å². The van der Waals surface area contributed by atoms with E-state index in [-0.39, 0.29) is 0 Å². The maximum atomic E-state index is 5.85. The van der Waals surface area contributed by atoms with Gasteiger partial charge in [0.1, 0.15) is 0 Å². The predicted molar refractivity (Wildman–Crippen MR) is 48.5 cm³/mol. The van der Waals surface area contributed by atoms with Gasteiger partial charge in [-0.1, -0.05) is 13.8 Å². The Kier molecular flexibility index (Phi) is 3.34. The van der Waals surface area contributed by atoms with Crippen LogP contribution in [0.2, 0.25) is 0 Å². The first-order valence-electron chi connectivity index (χ1n) is 4.77. The van der Waals surface area contributed by atoms with Crippen molar-refractivity contribution in [1.29, 1.82) is 0 Å². The van der Waals surface area contributed by atoms with Gasteiger partial charge in [-0.25, -0.2) is 0 Å². The monoisotopic (exact) mass is 156 g/mol. The molecule has 0 saturated heterocycles. The van der Waals surface area contributed by atoms with Gasteiger partial charge in [0.2, 0.25) is 0 Å². The predicted octanol–water partition coefficient (Wildman–Crippen LogP) is 1.21. The van der Waals surface area contributed by atoms with E-state index in [1.54, 1.807) is 0 Å². The average molecular weight is 156 g/mol. The number of hydrogen-bond acceptors (Lipinski definition) is 2. The van der Waals surface area contributed by atoms with Gasteiger partial charge in [0.15, 0.2) is 0 Å². The van der Waals surface area contributed by atoms with Crippen molar-refractivity contribution in [3.63, 3.8) is 0 Å². The van der Waals surface area contributed by atoms with Gasteiger partial charge in [0.25, 0.3) is 0 Å². The third-order valence-electron chi connectivity index (χ3n) is 2.77. The largest absolute Gasteiger partial charge is 0.328 e. The van der Waals surface area contributed by atoms with E-state index in [2.05, 4.69) is 18.7 Å². The lowest BCUT2D eigenvalue weighted by Gasteiger charge is -2.25. The third-order valence-corrected chi connectivity index (χ3v) is 2.77. The fraction of sp³-hybridized carbons (Fsp3) is 1.00. The van der Waals surface area contributed by atoms with Crippen molar-refractivity contribution in [1.82, 2.24) is 4.90 Å². The number of rotatable bonds is 3. The Balaban J connectivity index is 2.34. The summed E-state index contributed by atoms with van der Waals surface area (Å²) in [5, 5.41) is 0. The summed E-state index contributed by atoms with van der Waals surface area (Å²) in [4.78, 5) is 2.52. The molecule has 0 aromatic heterocycles. The molecule has 0 aliphatic heterocycles. The maximum Gasteiger partial charge on any atom is 0.0110 e. The Morgan fingerprint density at radius 2 is 1.91 bits per heavy atom. The molecule has 1 saturated carbocycles. The summed E-state index contributed by atoms with van der Waals surface area (Å²) < 4.78 is 0. The van der Waals surface area contributed by atoms with E-state index in [0.29, 0.717) is 6.04 Å². The fourth-order valence-electron chi connectivity index (χ4n) is 2.06. The molecule has 1 aliphatic rings. The smallest absolute Gasteiger partial charge is 0.0110 e. The van der Waals surface area contributed by atoms with Crippen molar-refractivity contribution in [2.75, 3.05) is 13.1 Å². The highest BCUT2D eigenvalue weighted by molar-refractivity contribution is 4.83. The van der Waals surface area contributed by atoms with Crippen molar-refractivity contribution >= 4 is 0 Å². The van der Waals surface area contributed by atoms with Crippen LogP contribution in [0.4, 0.5) is 0 Å². The third kappa shape index (κ3) is 2.17. The first kappa shape index (κ1) is 9.01. The highest BCUT2D eigenvalue weighted by atomic mass is 15.1. The summed E-state index contributed by atoms with van der Waals surface area (Å²) in [6.07, 6.45) is 3.74. The molecule has 1 fully saturated rings. The molecule has 2 N–H and O–H groups in total. The lowest BCUT2D eigenvalue weighted by molar-refractivity contribution is 0.219. The van der Waals surface area contributed by atoms with Gasteiger partial charge >= 0.3 is 0 Å². The summed E-state index contributed by atoms with van der Waals surface area (Å²) in [6.45, 7) is 6.81. The average Bonchev–Trinajstić information content (AvgIpc) is 2.39. The molecule has 66 valence electrons. The maximum absolute atomic E-state index is 5.85. The molecule has 0 amide bonds. The quantitative estimate of drug-likeness (QED) is 0.665. The first-order valence-corrected chi connectivity index (χ1v) is 4.77. The highest BCUT2D eigenvalue weighted by Crippen LogP contribution is 2.22. The molecule has 0 aromatic rings. The minimum Gasteiger partial charge on any atom is -0.328 e. The molecular weight excluding hydrogens is 136 g/mol. The molecule has 2 heteroatoms. The zero-order chi connectivity index (χ0) is 8.27. The topological polar surface area (TPSA) is 29.3 Å². The molecule has 2 atom stereocenters. The van der Waals surface area contributed by atoms with Crippen molar-refractivity contribution in [2.24, 2.45) is 5.73 Å². The zero-order valence-electron chi connectivity index (χ0n) is 7.71. The van der Waals surface area contributed by atoms with Crippen LogP contribution in [-0.2, 0) is 0 Å². The van der Waals surface area contributed by atoms with Crippen molar-refractivity contribution in [2.45, 2.75) is 45.2 Å². The molecule has 11 heavy (non-hydrogen) atoms. The summed E-state index contributed by atoms with van der Waals surface area (Å²) in [7, 11) is 0. The molecule has 2 unspecified atom stereocenters. The minimum absolute atomic E-state index is 0.473. The van der Waals surface area contributed by atoms with Crippen molar-refractivity contribution in [3.8, 4) is 0 Å². The minimum atomic E-state index is 0.473. The molecule has 0 bridgehead atoms. The van der Waals surface area contributed by atoms with Crippen LogP contribution < -0.4 is 5.73 Å². The van der Waals surface area contributed by atoms with Gasteiger partial charge in [0.05, 0.1) is 0 Å². The Bertz CT molecular complexity index is 110. The lowest BCUT2D eigenvalue weighted by Crippen LogP contribution is -2.34. The second-order valence-corrected chi connectivity index (χ2v) is 3.45. The highest BCUT2D eigenvalue weighted by Gasteiger charge is 2.24. The summed E-state index contributed by atoms with van der Waals surface area (Å²) in [5.41, 5.74) is 5.85. The van der Waals surface area contributed by atoms with Gasteiger partial charge < -0.3 is 10.6 Å². The van der Waals surface area contributed by atoms with Gasteiger partial charge in [-0.2, -0.15) is 0 Å². The van der Waals surface area contributed by atoms with E-state index in [1.807, 2.05) is 0 Å². The molecular formula is C9H20N2. The van der Waals surface area contributed by atoms with Crippen LogP contribution in [0.5, 0.6) is 0 Å². The number of nitrogens with zero attached hydrogens (tertiary/aromatic N) is 1. The molecule has 0 radical (unpaired) electrons. The van der Waals surface area contributed by atoms with E-state index in [9.17, 15) is 0 Å². The lowest BCUT2D eigenvalue weighted by atomic mass is 10.2. The number of hydrogen-bond donors (Lipinski definition) is 1.